The Bertz CT molecular complexity index is 625. The summed E-state index contributed by atoms with van der Waals surface area (Å²) in [4.78, 5) is 27.0. The first-order chi connectivity index (χ1) is 10.3. The van der Waals surface area contributed by atoms with Gasteiger partial charge in [-0.2, -0.15) is 0 Å². The van der Waals surface area contributed by atoms with Crippen LogP contribution in [0.3, 0.4) is 0 Å². The molecule has 1 saturated heterocycles. The molecule has 3 rings (SSSR count). The monoisotopic (exact) mass is 300 g/mol. The van der Waals surface area contributed by atoms with Crippen LogP contribution in [-0.2, 0) is 16.0 Å². The number of para-hydroxylation sites is 1. The lowest BCUT2D eigenvalue weighted by Gasteiger charge is -2.15. The zero-order chi connectivity index (χ0) is 14.7. The first-order valence-electron chi connectivity index (χ1n) is 6.93. The Morgan fingerprint density at radius 3 is 2.67 bits per heavy atom. The molecule has 1 aromatic heterocycles. The summed E-state index contributed by atoms with van der Waals surface area (Å²) >= 11 is 1.70. The van der Waals surface area contributed by atoms with Gasteiger partial charge in [-0.3, -0.25) is 9.59 Å². The van der Waals surface area contributed by atoms with Crippen LogP contribution in [0.4, 0.5) is 5.69 Å². The molecule has 0 bridgehead atoms. The van der Waals surface area contributed by atoms with Gasteiger partial charge in [0.15, 0.2) is 0 Å². The van der Waals surface area contributed by atoms with E-state index in [0.717, 1.165) is 6.42 Å². The highest BCUT2D eigenvalue weighted by Gasteiger charge is 2.38. The third kappa shape index (κ3) is 3.04. The van der Waals surface area contributed by atoms with Crippen molar-refractivity contribution in [1.29, 1.82) is 0 Å². The summed E-state index contributed by atoms with van der Waals surface area (Å²) in [5.41, 5.74) is 0.648. The molecule has 1 N–H and O–H groups in total. The van der Waals surface area contributed by atoms with E-state index in [1.165, 1.54) is 9.78 Å². The van der Waals surface area contributed by atoms with Crippen molar-refractivity contribution in [3.8, 4) is 0 Å². The largest absolute Gasteiger partial charge is 0.305 e. The Hall–Kier alpha value is -1.98. The number of imide groups is 1. The maximum Gasteiger partial charge on any atom is 0.251 e. The van der Waals surface area contributed by atoms with Gasteiger partial charge in [0, 0.05) is 11.4 Å². The van der Waals surface area contributed by atoms with E-state index in [4.69, 9.17) is 0 Å². The minimum absolute atomic E-state index is 0.139. The number of nitrogens with zero attached hydrogens (tertiary/aromatic N) is 1. The fourth-order valence-electron chi connectivity index (χ4n) is 2.46. The molecule has 1 fully saturated rings. The molecule has 1 aliphatic heterocycles. The minimum Gasteiger partial charge on any atom is -0.305 e. The Kier molecular flexibility index (Phi) is 4.13. The van der Waals surface area contributed by atoms with E-state index in [1.807, 2.05) is 29.6 Å². The first kappa shape index (κ1) is 14.0. The molecule has 1 aromatic carbocycles. The fourth-order valence-corrected chi connectivity index (χ4v) is 3.17. The number of benzene rings is 1. The number of rotatable bonds is 5. The summed E-state index contributed by atoms with van der Waals surface area (Å²) < 4.78 is 0. The van der Waals surface area contributed by atoms with Gasteiger partial charge in [-0.1, -0.05) is 24.3 Å². The molecule has 1 aliphatic rings. The van der Waals surface area contributed by atoms with Gasteiger partial charge >= 0.3 is 0 Å². The van der Waals surface area contributed by atoms with Crippen LogP contribution in [0, 0.1) is 0 Å². The summed E-state index contributed by atoms with van der Waals surface area (Å²) in [7, 11) is 0. The van der Waals surface area contributed by atoms with Crippen molar-refractivity contribution in [2.45, 2.75) is 18.9 Å². The van der Waals surface area contributed by atoms with E-state index in [9.17, 15) is 9.59 Å². The molecule has 4 nitrogen and oxygen atoms in total. The molecule has 0 saturated carbocycles. The van der Waals surface area contributed by atoms with Gasteiger partial charge in [0.05, 0.1) is 18.2 Å². The maximum absolute atomic E-state index is 12.4. The van der Waals surface area contributed by atoms with Gasteiger partial charge in [-0.15, -0.1) is 11.3 Å². The number of nitrogens with one attached hydrogen (secondary N) is 1. The van der Waals surface area contributed by atoms with Crippen molar-refractivity contribution in [2.75, 3.05) is 11.4 Å². The third-order valence-electron chi connectivity index (χ3n) is 3.50. The molecular weight excluding hydrogens is 284 g/mol. The Balaban J connectivity index is 1.61. The van der Waals surface area contributed by atoms with Crippen LogP contribution >= 0.6 is 11.3 Å². The van der Waals surface area contributed by atoms with Crippen LogP contribution in [-0.4, -0.2) is 24.4 Å². The van der Waals surface area contributed by atoms with Gasteiger partial charge in [0.2, 0.25) is 5.91 Å². The number of carbonyl (C=O) groups is 2. The van der Waals surface area contributed by atoms with E-state index in [-0.39, 0.29) is 18.2 Å². The Labute approximate surface area is 127 Å². The van der Waals surface area contributed by atoms with Crippen molar-refractivity contribution >= 4 is 28.8 Å². The highest BCUT2D eigenvalue weighted by atomic mass is 32.1. The fraction of sp³-hybridized carbons (Fsp3) is 0.250. The van der Waals surface area contributed by atoms with E-state index in [0.29, 0.717) is 12.2 Å². The highest BCUT2D eigenvalue weighted by molar-refractivity contribution is 7.09. The van der Waals surface area contributed by atoms with E-state index in [2.05, 4.69) is 11.4 Å². The van der Waals surface area contributed by atoms with Crippen molar-refractivity contribution < 1.29 is 9.59 Å². The topological polar surface area (TPSA) is 49.4 Å². The highest BCUT2D eigenvalue weighted by Crippen LogP contribution is 2.22. The third-order valence-corrected chi connectivity index (χ3v) is 4.44. The SMILES string of the molecule is O=C1C[C@H](NCCc2cccs2)C(=O)N1c1ccccc1. The van der Waals surface area contributed by atoms with Crippen LogP contribution in [0.15, 0.2) is 47.8 Å². The minimum atomic E-state index is -0.405. The molecule has 5 heteroatoms. The van der Waals surface area contributed by atoms with Gasteiger partial charge in [-0.25, -0.2) is 4.90 Å². The molecule has 21 heavy (non-hydrogen) atoms. The van der Waals surface area contributed by atoms with Crippen LogP contribution in [0.1, 0.15) is 11.3 Å². The average molecular weight is 300 g/mol. The normalized spacial score (nSPS) is 18.5. The molecule has 108 valence electrons. The van der Waals surface area contributed by atoms with Crippen molar-refractivity contribution in [3.63, 3.8) is 0 Å². The quantitative estimate of drug-likeness (QED) is 0.861. The molecule has 1 atom stereocenters. The first-order valence-corrected chi connectivity index (χ1v) is 7.81. The summed E-state index contributed by atoms with van der Waals surface area (Å²) in [6.45, 7) is 0.701. The van der Waals surface area contributed by atoms with E-state index < -0.39 is 6.04 Å². The smallest absolute Gasteiger partial charge is 0.251 e. The van der Waals surface area contributed by atoms with Gasteiger partial charge in [0.1, 0.15) is 0 Å². The van der Waals surface area contributed by atoms with Crippen LogP contribution in [0.2, 0.25) is 0 Å². The van der Waals surface area contributed by atoms with Crippen molar-refractivity contribution in [1.82, 2.24) is 5.32 Å². The number of anilines is 1. The second-order valence-electron chi connectivity index (χ2n) is 4.94. The van der Waals surface area contributed by atoms with E-state index >= 15 is 0 Å². The molecule has 2 amide bonds. The summed E-state index contributed by atoms with van der Waals surface area (Å²) in [6.07, 6.45) is 1.11. The second-order valence-corrected chi connectivity index (χ2v) is 5.98. The zero-order valence-electron chi connectivity index (χ0n) is 11.5. The molecule has 2 aromatic rings. The zero-order valence-corrected chi connectivity index (χ0v) is 12.3. The summed E-state index contributed by atoms with van der Waals surface area (Å²) in [5.74, 6) is -0.294. The summed E-state index contributed by atoms with van der Waals surface area (Å²) in [6, 6.07) is 12.8. The molecule has 0 unspecified atom stereocenters. The number of hydrogen-bond acceptors (Lipinski definition) is 4. The Morgan fingerprint density at radius 2 is 1.95 bits per heavy atom. The molecule has 0 radical (unpaired) electrons. The lowest BCUT2D eigenvalue weighted by Crippen LogP contribution is -2.39. The van der Waals surface area contributed by atoms with Crippen LogP contribution in [0.25, 0.3) is 0 Å². The lowest BCUT2D eigenvalue weighted by atomic mass is 10.2. The van der Waals surface area contributed by atoms with Gasteiger partial charge in [0.25, 0.3) is 5.91 Å². The van der Waals surface area contributed by atoms with Gasteiger partial charge < -0.3 is 5.32 Å². The van der Waals surface area contributed by atoms with Crippen LogP contribution < -0.4 is 10.2 Å². The number of hydrogen-bond donors (Lipinski definition) is 1. The van der Waals surface area contributed by atoms with Crippen molar-refractivity contribution in [3.05, 3.63) is 52.7 Å². The van der Waals surface area contributed by atoms with Crippen molar-refractivity contribution in [2.24, 2.45) is 0 Å². The standard InChI is InChI=1S/C16H16N2O2S/c19-15-11-14(17-9-8-13-7-4-10-21-13)16(20)18(15)12-5-2-1-3-6-12/h1-7,10,14,17H,8-9,11H2/t14-/m0/s1. The number of thiophene rings is 1. The number of carbonyl (C=O) groups excluding carboxylic acids is 2. The lowest BCUT2D eigenvalue weighted by molar-refractivity contribution is -0.121. The average Bonchev–Trinajstić information content (AvgIpc) is 3.09. The molecule has 2 heterocycles. The van der Waals surface area contributed by atoms with Gasteiger partial charge in [-0.05, 0) is 30.0 Å². The molecular formula is C16H16N2O2S. The predicted molar refractivity (Wildman–Crippen MR) is 83.4 cm³/mol. The molecule has 0 aliphatic carbocycles. The predicted octanol–water partition coefficient (Wildman–Crippen LogP) is 2.21. The summed E-state index contributed by atoms with van der Waals surface area (Å²) in [5, 5.41) is 5.23. The van der Waals surface area contributed by atoms with Crippen LogP contribution in [0.5, 0.6) is 0 Å². The van der Waals surface area contributed by atoms with E-state index in [1.54, 1.807) is 23.5 Å². The second kappa shape index (κ2) is 6.20. The Morgan fingerprint density at radius 1 is 1.14 bits per heavy atom. The molecule has 0 spiro atoms. The number of amides is 2. The maximum atomic E-state index is 12.4.